The molecular weight excluding hydrogens is 136 g/mol. The monoisotopic (exact) mass is 155 g/mol. The van der Waals surface area contributed by atoms with E-state index in [0.717, 1.165) is 25.0 Å². The molecule has 0 aromatic heterocycles. The molecule has 1 fully saturated rings. The Bertz CT molecular complexity index is 101. The van der Waals surface area contributed by atoms with Crippen LogP contribution in [0, 0.1) is 18.3 Å². The van der Waals surface area contributed by atoms with Crippen LogP contribution < -0.4 is 0 Å². The second-order valence-corrected chi connectivity index (χ2v) is 3.44. The third-order valence-electron chi connectivity index (χ3n) is 2.60. The van der Waals surface area contributed by atoms with E-state index < -0.39 is 0 Å². The predicted molar refractivity (Wildman–Crippen MR) is 47.3 cm³/mol. The SMILES string of the molecule is C[CH+]C1COCC1CCCC. The Balaban J connectivity index is 2.20. The van der Waals surface area contributed by atoms with Crippen molar-refractivity contribution in [1.29, 1.82) is 0 Å². The lowest BCUT2D eigenvalue weighted by Crippen LogP contribution is -2.11. The van der Waals surface area contributed by atoms with Gasteiger partial charge in [-0.05, 0) is 6.42 Å². The first-order valence-corrected chi connectivity index (χ1v) is 4.75. The van der Waals surface area contributed by atoms with Gasteiger partial charge in [-0.1, -0.05) is 19.8 Å². The van der Waals surface area contributed by atoms with Crippen molar-refractivity contribution in [3.05, 3.63) is 6.42 Å². The molecule has 1 nitrogen and oxygen atoms in total. The number of hydrogen-bond donors (Lipinski definition) is 0. The van der Waals surface area contributed by atoms with Gasteiger partial charge in [0, 0.05) is 5.92 Å². The van der Waals surface area contributed by atoms with Gasteiger partial charge in [-0.25, -0.2) is 0 Å². The normalized spacial score (nSPS) is 30.7. The molecule has 0 N–H and O–H groups in total. The first-order chi connectivity index (χ1) is 5.38. The molecule has 2 unspecified atom stereocenters. The summed E-state index contributed by atoms with van der Waals surface area (Å²) in [5.41, 5.74) is 0. The van der Waals surface area contributed by atoms with E-state index in [4.69, 9.17) is 4.74 Å². The molecule has 0 aromatic carbocycles. The summed E-state index contributed by atoms with van der Waals surface area (Å²) in [7, 11) is 0. The molecule has 1 heteroatoms. The summed E-state index contributed by atoms with van der Waals surface area (Å²) in [5, 5.41) is 0. The summed E-state index contributed by atoms with van der Waals surface area (Å²) in [6.07, 6.45) is 6.32. The summed E-state index contributed by atoms with van der Waals surface area (Å²) >= 11 is 0. The van der Waals surface area contributed by atoms with Crippen LogP contribution >= 0.6 is 0 Å². The fourth-order valence-electron chi connectivity index (χ4n) is 1.75. The molecule has 1 rings (SSSR count). The van der Waals surface area contributed by atoms with Crippen LogP contribution in [0.4, 0.5) is 0 Å². The highest BCUT2D eigenvalue weighted by Crippen LogP contribution is 2.27. The molecule has 0 radical (unpaired) electrons. The van der Waals surface area contributed by atoms with Gasteiger partial charge >= 0.3 is 0 Å². The largest absolute Gasteiger partial charge is 0.376 e. The van der Waals surface area contributed by atoms with Crippen molar-refractivity contribution in [2.24, 2.45) is 11.8 Å². The zero-order chi connectivity index (χ0) is 8.10. The Kier molecular flexibility index (Phi) is 3.78. The zero-order valence-electron chi connectivity index (χ0n) is 7.68. The van der Waals surface area contributed by atoms with E-state index in [-0.39, 0.29) is 0 Å². The molecule has 2 atom stereocenters. The van der Waals surface area contributed by atoms with Gasteiger partial charge in [0.15, 0.2) is 0 Å². The lowest BCUT2D eigenvalue weighted by molar-refractivity contribution is 0.181. The first-order valence-electron chi connectivity index (χ1n) is 4.75. The molecule has 64 valence electrons. The standard InChI is InChI=1S/C10H19O/c1-3-5-6-10-8-11-7-9(10)4-2/h4,9-10H,3,5-8H2,1-2H3/q+1. The molecule has 0 spiro atoms. The Labute approximate surface area is 70.1 Å². The van der Waals surface area contributed by atoms with Gasteiger partial charge in [-0.2, -0.15) is 0 Å². The summed E-state index contributed by atoms with van der Waals surface area (Å²) in [4.78, 5) is 0. The Morgan fingerprint density at radius 3 is 2.91 bits per heavy atom. The molecule has 0 bridgehead atoms. The minimum Gasteiger partial charge on any atom is -0.376 e. The zero-order valence-corrected chi connectivity index (χ0v) is 7.68. The van der Waals surface area contributed by atoms with Crippen LogP contribution in [0.5, 0.6) is 0 Å². The van der Waals surface area contributed by atoms with E-state index in [1.807, 2.05) is 0 Å². The van der Waals surface area contributed by atoms with Crippen molar-refractivity contribution in [3.8, 4) is 0 Å². The first kappa shape index (κ1) is 8.92. The van der Waals surface area contributed by atoms with Gasteiger partial charge in [0.2, 0.25) is 0 Å². The Morgan fingerprint density at radius 2 is 2.27 bits per heavy atom. The quantitative estimate of drug-likeness (QED) is 0.567. The smallest absolute Gasteiger partial charge is 0.126 e. The number of unbranched alkanes of at least 4 members (excludes halogenated alkanes) is 1. The van der Waals surface area contributed by atoms with Crippen LogP contribution in [0.25, 0.3) is 0 Å². The van der Waals surface area contributed by atoms with Gasteiger partial charge in [-0.3, -0.25) is 0 Å². The van der Waals surface area contributed by atoms with E-state index in [0.29, 0.717) is 0 Å². The third kappa shape index (κ3) is 2.41. The van der Waals surface area contributed by atoms with Crippen molar-refractivity contribution < 1.29 is 4.74 Å². The van der Waals surface area contributed by atoms with E-state index in [2.05, 4.69) is 20.3 Å². The molecule has 1 saturated heterocycles. The maximum Gasteiger partial charge on any atom is 0.126 e. The fourth-order valence-corrected chi connectivity index (χ4v) is 1.75. The molecule has 0 amide bonds. The maximum absolute atomic E-state index is 5.43. The molecule has 1 heterocycles. The summed E-state index contributed by atoms with van der Waals surface area (Å²) in [6, 6.07) is 0. The molecule has 11 heavy (non-hydrogen) atoms. The molecule has 0 aliphatic carbocycles. The second-order valence-electron chi connectivity index (χ2n) is 3.44. The van der Waals surface area contributed by atoms with Crippen LogP contribution in [-0.2, 0) is 4.74 Å². The van der Waals surface area contributed by atoms with Crippen LogP contribution in [0.15, 0.2) is 0 Å². The van der Waals surface area contributed by atoms with Gasteiger partial charge in [0.05, 0.1) is 26.6 Å². The van der Waals surface area contributed by atoms with Gasteiger partial charge in [0.1, 0.15) is 5.92 Å². The average molecular weight is 155 g/mol. The van der Waals surface area contributed by atoms with E-state index >= 15 is 0 Å². The predicted octanol–water partition coefficient (Wildman–Crippen LogP) is 2.66. The molecular formula is C10H19O+. The van der Waals surface area contributed by atoms with Crippen molar-refractivity contribution in [2.75, 3.05) is 13.2 Å². The fraction of sp³-hybridized carbons (Fsp3) is 0.900. The minimum atomic E-state index is 0.738. The van der Waals surface area contributed by atoms with Crippen LogP contribution in [0.2, 0.25) is 0 Å². The molecule has 1 aliphatic rings. The van der Waals surface area contributed by atoms with E-state index in [9.17, 15) is 0 Å². The van der Waals surface area contributed by atoms with Gasteiger partial charge in [-0.15, -0.1) is 0 Å². The minimum absolute atomic E-state index is 0.738. The van der Waals surface area contributed by atoms with Gasteiger partial charge < -0.3 is 4.74 Å². The highest BCUT2D eigenvalue weighted by Gasteiger charge is 2.31. The van der Waals surface area contributed by atoms with Crippen LogP contribution in [0.1, 0.15) is 33.1 Å². The van der Waals surface area contributed by atoms with Crippen molar-refractivity contribution in [3.63, 3.8) is 0 Å². The van der Waals surface area contributed by atoms with E-state index in [1.165, 1.54) is 19.3 Å². The molecule has 0 saturated carbocycles. The second kappa shape index (κ2) is 4.66. The van der Waals surface area contributed by atoms with Crippen molar-refractivity contribution >= 4 is 0 Å². The lowest BCUT2D eigenvalue weighted by Gasteiger charge is -2.08. The number of ether oxygens (including phenoxy) is 1. The highest BCUT2D eigenvalue weighted by atomic mass is 16.5. The van der Waals surface area contributed by atoms with Crippen LogP contribution in [-0.4, -0.2) is 13.2 Å². The third-order valence-corrected chi connectivity index (χ3v) is 2.60. The van der Waals surface area contributed by atoms with E-state index in [1.54, 1.807) is 0 Å². The summed E-state index contributed by atoms with van der Waals surface area (Å²) < 4.78 is 5.43. The van der Waals surface area contributed by atoms with Gasteiger partial charge in [0.25, 0.3) is 0 Å². The topological polar surface area (TPSA) is 9.23 Å². The number of hydrogen-bond acceptors (Lipinski definition) is 1. The molecule has 0 aromatic rings. The maximum atomic E-state index is 5.43. The summed E-state index contributed by atoms with van der Waals surface area (Å²) in [5.74, 6) is 1.56. The number of rotatable bonds is 4. The summed E-state index contributed by atoms with van der Waals surface area (Å²) in [6.45, 7) is 6.36. The molecule has 1 aliphatic heterocycles. The average Bonchev–Trinajstić information content (AvgIpc) is 2.47. The lowest BCUT2D eigenvalue weighted by atomic mass is 9.89. The Hall–Kier alpha value is -0.170. The Morgan fingerprint density at radius 1 is 1.45 bits per heavy atom. The van der Waals surface area contributed by atoms with Crippen molar-refractivity contribution in [1.82, 2.24) is 0 Å². The van der Waals surface area contributed by atoms with Crippen LogP contribution in [0.3, 0.4) is 0 Å². The van der Waals surface area contributed by atoms with Crippen molar-refractivity contribution in [2.45, 2.75) is 33.1 Å². The highest BCUT2D eigenvalue weighted by molar-refractivity contribution is 4.82.